The topological polar surface area (TPSA) is 87.7 Å². The lowest BCUT2D eigenvalue weighted by atomic mass is 9.89. The van der Waals surface area contributed by atoms with Gasteiger partial charge >= 0.3 is 0 Å². The van der Waals surface area contributed by atoms with E-state index in [-0.39, 0.29) is 48.3 Å². The summed E-state index contributed by atoms with van der Waals surface area (Å²) >= 11 is 0. The number of hydrogen-bond donors (Lipinski definition) is 2. The summed E-state index contributed by atoms with van der Waals surface area (Å²) in [5.74, 6) is -1.21. The van der Waals surface area contributed by atoms with Gasteiger partial charge in [0.15, 0.2) is 0 Å². The van der Waals surface area contributed by atoms with Gasteiger partial charge in [0.2, 0.25) is 17.7 Å². The second kappa shape index (κ2) is 7.31. The van der Waals surface area contributed by atoms with Crippen LogP contribution in [0.4, 0.5) is 0 Å². The number of likely N-dealkylation sites (tertiary alicyclic amines) is 1. The molecule has 3 aliphatic heterocycles. The van der Waals surface area contributed by atoms with Crippen molar-refractivity contribution in [2.24, 2.45) is 11.8 Å². The van der Waals surface area contributed by atoms with Gasteiger partial charge in [0.25, 0.3) is 0 Å². The third-order valence-electron chi connectivity index (χ3n) is 6.03. The van der Waals surface area contributed by atoms with E-state index < -0.39 is 5.92 Å². The van der Waals surface area contributed by atoms with Crippen LogP contribution >= 0.6 is 0 Å². The van der Waals surface area contributed by atoms with E-state index in [1.807, 2.05) is 37.3 Å². The number of hydrazine groups is 1. The molecular weight excluding hydrogens is 346 g/mol. The number of rotatable bonds is 4. The van der Waals surface area contributed by atoms with Crippen LogP contribution in [0.5, 0.6) is 0 Å². The van der Waals surface area contributed by atoms with Crippen LogP contribution in [-0.4, -0.2) is 41.4 Å². The molecule has 7 heteroatoms. The molecule has 3 saturated heterocycles. The molecule has 0 saturated carbocycles. The Bertz CT molecular complexity index is 738. The van der Waals surface area contributed by atoms with Gasteiger partial charge in [-0.05, 0) is 31.7 Å². The Hall–Kier alpha value is -2.41. The van der Waals surface area contributed by atoms with E-state index in [1.54, 1.807) is 4.90 Å². The molecule has 3 aliphatic rings. The molecule has 7 nitrogen and oxygen atoms in total. The normalized spacial score (nSPS) is 30.4. The van der Waals surface area contributed by atoms with Crippen LogP contribution in [0, 0.1) is 11.8 Å². The molecule has 0 aliphatic carbocycles. The Morgan fingerprint density at radius 2 is 1.89 bits per heavy atom. The number of carbonyl (C=O) groups is 3. The first-order valence-electron chi connectivity index (χ1n) is 9.62. The van der Waals surface area contributed by atoms with Gasteiger partial charge in [-0.1, -0.05) is 30.3 Å². The average Bonchev–Trinajstić information content (AvgIpc) is 3.41. The van der Waals surface area contributed by atoms with Crippen LogP contribution in [0.2, 0.25) is 0 Å². The molecule has 0 spiro atoms. The number of carbonyl (C=O) groups excluding carboxylic acids is 3. The van der Waals surface area contributed by atoms with E-state index in [2.05, 4.69) is 10.9 Å². The molecule has 5 unspecified atom stereocenters. The van der Waals surface area contributed by atoms with E-state index in [1.165, 1.54) is 0 Å². The average molecular weight is 371 g/mol. The van der Waals surface area contributed by atoms with E-state index in [4.69, 9.17) is 4.74 Å². The molecular formula is C20H25N3O4. The molecule has 0 radical (unpaired) electrons. The quantitative estimate of drug-likeness (QED) is 0.782. The lowest BCUT2D eigenvalue weighted by Gasteiger charge is -2.25. The fourth-order valence-electron chi connectivity index (χ4n) is 4.42. The number of amides is 3. The first kappa shape index (κ1) is 18.0. The highest BCUT2D eigenvalue weighted by atomic mass is 16.5. The molecule has 2 N–H and O–H groups in total. The molecule has 5 atom stereocenters. The highest BCUT2D eigenvalue weighted by molar-refractivity contribution is 5.91. The van der Waals surface area contributed by atoms with Crippen molar-refractivity contribution in [2.75, 3.05) is 6.54 Å². The number of benzene rings is 1. The smallest absolute Gasteiger partial charge is 0.244 e. The van der Waals surface area contributed by atoms with Gasteiger partial charge in [-0.15, -0.1) is 0 Å². The van der Waals surface area contributed by atoms with Gasteiger partial charge in [0.05, 0.1) is 30.1 Å². The van der Waals surface area contributed by atoms with Crippen LogP contribution in [0.3, 0.4) is 0 Å². The molecule has 3 fully saturated rings. The van der Waals surface area contributed by atoms with E-state index in [9.17, 15) is 14.4 Å². The van der Waals surface area contributed by atoms with Gasteiger partial charge in [0, 0.05) is 13.0 Å². The second-order valence-electron chi connectivity index (χ2n) is 7.73. The fourth-order valence-corrected chi connectivity index (χ4v) is 4.42. The Balaban J connectivity index is 1.29. The summed E-state index contributed by atoms with van der Waals surface area (Å²) in [6, 6.07) is 9.67. The van der Waals surface area contributed by atoms with Gasteiger partial charge in [-0.2, -0.15) is 0 Å². The monoisotopic (exact) mass is 371 g/mol. The largest absolute Gasteiger partial charge is 0.374 e. The number of fused-ring (bicyclic) bond motifs is 2. The zero-order valence-corrected chi connectivity index (χ0v) is 15.4. The SMILES string of the molecule is CC(c1ccccc1)N1CC(C(=O)NNC(=O)C2CC3CCC2O3)CC1=O. The van der Waals surface area contributed by atoms with Crippen LogP contribution in [0.1, 0.15) is 44.2 Å². The maximum Gasteiger partial charge on any atom is 0.244 e. The Labute approximate surface area is 158 Å². The van der Waals surface area contributed by atoms with Crippen molar-refractivity contribution in [1.82, 2.24) is 15.8 Å². The summed E-state index contributed by atoms with van der Waals surface area (Å²) in [7, 11) is 0. The summed E-state index contributed by atoms with van der Waals surface area (Å²) in [5.41, 5.74) is 6.07. The molecule has 4 rings (SSSR count). The Morgan fingerprint density at radius 3 is 2.56 bits per heavy atom. The molecule has 3 amide bonds. The molecule has 27 heavy (non-hydrogen) atoms. The summed E-state index contributed by atoms with van der Waals surface area (Å²) in [5, 5.41) is 0. The van der Waals surface area contributed by atoms with Crippen molar-refractivity contribution in [1.29, 1.82) is 0 Å². The molecule has 0 aromatic heterocycles. The molecule has 3 heterocycles. The molecule has 1 aromatic rings. The molecule has 2 bridgehead atoms. The van der Waals surface area contributed by atoms with Crippen LogP contribution in [0.25, 0.3) is 0 Å². The predicted molar refractivity (Wildman–Crippen MR) is 97.0 cm³/mol. The van der Waals surface area contributed by atoms with Gasteiger partial charge < -0.3 is 9.64 Å². The van der Waals surface area contributed by atoms with Crippen LogP contribution in [0.15, 0.2) is 30.3 Å². The minimum atomic E-state index is -0.458. The van der Waals surface area contributed by atoms with E-state index >= 15 is 0 Å². The number of nitrogens with zero attached hydrogens (tertiary/aromatic N) is 1. The van der Waals surface area contributed by atoms with Crippen molar-refractivity contribution < 1.29 is 19.1 Å². The highest BCUT2D eigenvalue weighted by Crippen LogP contribution is 2.38. The molecule has 1 aromatic carbocycles. The molecule has 144 valence electrons. The zero-order chi connectivity index (χ0) is 19.0. The third-order valence-corrected chi connectivity index (χ3v) is 6.03. The van der Waals surface area contributed by atoms with Crippen molar-refractivity contribution in [2.45, 2.75) is 50.9 Å². The third kappa shape index (κ3) is 3.56. The number of nitrogens with one attached hydrogen (secondary N) is 2. The van der Waals surface area contributed by atoms with Crippen LogP contribution in [-0.2, 0) is 19.1 Å². The van der Waals surface area contributed by atoms with Gasteiger partial charge in [-0.3, -0.25) is 25.2 Å². The zero-order valence-electron chi connectivity index (χ0n) is 15.4. The summed E-state index contributed by atoms with van der Waals surface area (Å²) in [4.78, 5) is 38.8. The van der Waals surface area contributed by atoms with Crippen molar-refractivity contribution in [3.05, 3.63) is 35.9 Å². The Kier molecular flexibility index (Phi) is 4.86. The first-order chi connectivity index (χ1) is 13.0. The second-order valence-corrected chi connectivity index (χ2v) is 7.73. The maximum absolute atomic E-state index is 12.4. The lowest BCUT2D eigenvalue weighted by Crippen LogP contribution is -2.48. The fraction of sp³-hybridized carbons (Fsp3) is 0.550. The maximum atomic E-state index is 12.4. The standard InChI is InChI=1S/C20H25N3O4/c1-12(13-5-3-2-4-6-13)23-11-14(9-18(23)24)19(25)21-22-20(26)16-10-15-7-8-17(16)27-15/h2-6,12,14-17H,7-11H2,1H3,(H,21,25)(H,22,26). The van der Waals surface area contributed by atoms with Crippen molar-refractivity contribution in [3.63, 3.8) is 0 Å². The van der Waals surface area contributed by atoms with Crippen molar-refractivity contribution in [3.8, 4) is 0 Å². The van der Waals surface area contributed by atoms with Crippen molar-refractivity contribution >= 4 is 17.7 Å². The summed E-state index contributed by atoms with van der Waals surface area (Å²) in [6.07, 6.45) is 2.96. The summed E-state index contributed by atoms with van der Waals surface area (Å²) < 4.78 is 5.68. The van der Waals surface area contributed by atoms with Gasteiger partial charge in [-0.25, -0.2) is 0 Å². The number of ether oxygens (including phenoxy) is 1. The lowest BCUT2D eigenvalue weighted by molar-refractivity contribution is -0.134. The van der Waals surface area contributed by atoms with E-state index in [0.717, 1.165) is 24.8 Å². The Morgan fingerprint density at radius 1 is 1.15 bits per heavy atom. The van der Waals surface area contributed by atoms with E-state index in [0.29, 0.717) is 6.54 Å². The summed E-state index contributed by atoms with van der Waals surface area (Å²) in [6.45, 7) is 2.32. The predicted octanol–water partition coefficient (Wildman–Crippen LogP) is 1.31. The minimum Gasteiger partial charge on any atom is -0.374 e. The first-order valence-corrected chi connectivity index (χ1v) is 9.62. The highest BCUT2D eigenvalue weighted by Gasteiger charge is 2.44. The van der Waals surface area contributed by atoms with Crippen LogP contribution < -0.4 is 10.9 Å². The van der Waals surface area contributed by atoms with Gasteiger partial charge in [0.1, 0.15) is 0 Å². The number of hydrogen-bond acceptors (Lipinski definition) is 4. The minimum absolute atomic E-state index is 0.0258.